The predicted molar refractivity (Wildman–Crippen MR) is 78.0 cm³/mol. The summed E-state index contributed by atoms with van der Waals surface area (Å²) in [4.78, 5) is 4.06. The number of benzene rings is 1. The second-order valence-corrected chi connectivity index (χ2v) is 4.97. The Balaban J connectivity index is 2.58. The van der Waals surface area contributed by atoms with Gasteiger partial charge in [-0.25, -0.2) is 0 Å². The van der Waals surface area contributed by atoms with Crippen LogP contribution >= 0.6 is 23.2 Å². The molecule has 1 heterocycles. The van der Waals surface area contributed by atoms with Crippen molar-refractivity contribution in [1.82, 2.24) is 4.98 Å². The van der Waals surface area contributed by atoms with E-state index in [9.17, 15) is 0 Å². The molecule has 2 rings (SSSR count). The molecule has 0 aliphatic heterocycles. The van der Waals surface area contributed by atoms with Crippen LogP contribution in [0.15, 0.2) is 30.6 Å². The molecule has 3 nitrogen and oxygen atoms in total. The minimum absolute atomic E-state index is 0.413. The van der Waals surface area contributed by atoms with E-state index in [-0.39, 0.29) is 0 Å². The molecule has 1 atom stereocenters. The number of methoxy groups -OCH3 is 1. The van der Waals surface area contributed by atoms with Gasteiger partial charge in [0.05, 0.1) is 23.2 Å². The number of ether oxygens (including phenoxy) is 1. The highest BCUT2D eigenvalue weighted by atomic mass is 35.5. The first-order valence-corrected chi connectivity index (χ1v) is 6.49. The van der Waals surface area contributed by atoms with Gasteiger partial charge in [-0.3, -0.25) is 4.98 Å². The molecule has 0 aliphatic carbocycles. The number of aryl methyl sites for hydroxylation is 1. The van der Waals surface area contributed by atoms with E-state index in [0.29, 0.717) is 21.4 Å². The van der Waals surface area contributed by atoms with E-state index in [0.717, 1.165) is 11.1 Å². The highest BCUT2D eigenvalue weighted by molar-refractivity contribution is 6.42. The molecule has 0 saturated heterocycles. The number of pyridine rings is 1. The summed E-state index contributed by atoms with van der Waals surface area (Å²) in [6.45, 7) is 1.95. The molecule has 0 fully saturated rings. The Hall–Kier alpha value is -1.29. The minimum atomic E-state index is -0.413. The van der Waals surface area contributed by atoms with Crippen molar-refractivity contribution < 1.29 is 4.74 Å². The van der Waals surface area contributed by atoms with Gasteiger partial charge in [0.25, 0.3) is 0 Å². The largest absolute Gasteiger partial charge is 0.496 e. The average Bonchev–Trinajstić information content (AvgIpc) is 2.41. The third kappa shape index (κ3) is 2.68. The smallest absolute Gasteiger partial charge is 0.125 e. The number of hydrogen-bond donors (Lipinski definition) is 1. The fourth-order valence-corrected chi connectivity index (χ4v) is 2.44. The average molecular weight is 297 g/mol. The van der Waals surface area contributed by atoms with Gasteiger partial charge >= 0.3 is 0 Å². The highest BCUT2D eigenvalue weighted by Gasteiger charge is 2.21. The van der Waals surface area contributed by atoms with Crippen LogP contribution in [0.3, 0.4) is 0 Å². The molecule has 0 unspecified atom stereocenters. The molecule has 2 N–H and O–H groups in total. The Bertz CT molecular complexity index is 602. The maximum absolute atomic E-state index is 6.31. The van der Waals surface area contributed by atoms with Gasteiger partial charge in [-0.2, -0.15) is 0 Å². The van der Waals surface area contributed by atoms with E-state index in [1.54, 1.807) is 31.6 Å². The summed E-state index contributed by atoms with van der Waals surface area (Å²) in [7, 11) is 1.58. The molecule has 0 spiro atoms. The predicted octanol–water partition coefficient (Wildman–Crippen LogP) is 3.75. The summed E-state index contributed by atoms with van der Waals surface area (Å²) >= 11 is 12.3. The van der Waals surface area contributed by atoms with Crippen LogP contribution in [-0.2, 0) is 0 Å². The Morgan fingerprint density at radius 2 is 2.00 bits per heavy atom. The van der Waals surface area contributed by atoms with Gasteiger partial charge in [-0.05, 0) is 36.2 Å². The summed E-state index contributed by atoms with van der Waals surface area (Å²) in [5.41, 5.74) is 8.93. The molecule has 0 bridgehead atoms. The number of halogens is 2. The van der Waals surface area contributed by atoms with Crippen molar-refractivity contribution in [3.63, 3.8) is 0 Å². The van der Waals surface area contributed by atoms with Gasteiger partial charge in [-0.15, -0.1) is 0 Å². The molecule has 2 aromatic rings. The molecule has 0 aliphatic rings. The van der Waals surface area contributed by atoms with Crippen LogP contribution in [-0.4, -0.2) is 12.1 Å². The molecule has 0 amide bonds. The molecule has 0 saturated carbocycles. The van der Waals surface area contributed by atoms with E-state index >= 15 is 0 Å². The van der Waals surface area contributed by atoms with Crippen LogP contribution < -0.4 is 10.5 Å². The van der Waals surface area contributed by atoms with E-state index in [1.807, 2.05) is 13.0 Å². The summed E-state index contributed by atoms with van der Waals surface area (Å²) in [6.07, 6.45) is 3.47. The van der Waals surface area contributed by atoms with Gasteiger partial charge in [0.1, 0.15) is 5.75 Å². The van der Waals surface area contributed by atoms with Crippen LogP contribution in [0.5, 0.6) is 5.75 Å². The molecule has 1 aromatic heterocycles. The molecular formula is C14H14Cl2N2O. The molecule has 19 heavy (non-hydrogen) atoms. The van der Waals surface area contributed by atoms with Gasteiger partial charge in [0, 0.05) is 18.0 Å². The molecule has 100 valence electrons. The Morgan fingerprint density at radius 3 is 2.63 bits per heavy atom. The third-order valence-electron chi connectivity index (χ3n) is 3.02. The van der Waals surface area contributed by atoms with Crippen molar-refractivity contribution in [2.45, 2.75) is 13.0 Å². The van der Waals surface area contributed by atoms with Crippen molar-refractivity contribution in [1.29, 1.82) is 0 Å². The number of nitrogens with two attached hydrogens (primary N) is 1. The SMILES string of the molecule is COc1ccc(Cl)c(Cl)c1[C@@H](N)c1ccncc1C. The van der Waals surface area contributed by atoms with Crippen molar-refractivity contribution in [3.05, 3.63) is 57.3 Å². The lowest BCUT2D eigenvalue weighted by molar-refractivity contribution is 0.408. The first-order valence-electron chi connectivity index (χ1n) is 5.74. The summed E-state index contributed by atoms with van der Waals surface area (Å²) in [6, 6.07) is 4.92. The lowest BCUT2D eigenvalue weighted by Gasteiger charge is -2.19. The van der Waals surface area contributed by atoms with Crippen LogP contribution in [0, 0.1) is 6.92 Å². The van der Waals surface area contributed by atoms with E-state index < -0.39 is 6.04 Å². The molecule has 5 heteroatoms. The monoisotopic (exact) mass is 296 g/mol. The quantitative estimate of drug-likeness (QED) is 0.938. The summed E-state index contributed by atoms with van der Waals surface area (Å²) < 4.78 is 5.32. The van der Waals surface area contributed by atoms with E-state index in [4.69, 9.17) is 33.7 Å². The van der Waals surface area contributed by atoms with E-state index in [2.05, 4.69) is 4.98 Å². The van der Waals surface area contributed by atoms with Crippen molar-refractivity contribution in [2.24, 2.45) is 5.73 Å². The Labute approximate surface area is 122 Å². The zero-order valence-corrected chi connectivity index (χ0v) is 12.2. The fourth-order valence-electron chi connectivity index (χ4n) is 2.00. The first-order chi connectivity index (χ1) is 9.06. The van der Waals surface area contributed by atoms with Crippen LogP contribution in [0.2, 0.25) is 10.0 Å². The second kappa shape index (κ2) is 5.78. The molecule has 1 aromatic carbocycles. The Kier molecular flexibility index (Phi) is 4.30. The summed E-state index contributed by atoms with van der Waals surface area (Å²) in [5.74, 6) is 0.623. The number of hydrogen-bond acceptors (Lipinski definition) is 3. The highest BCUT2D eigenvalue weighted by Crippen LogP contribution is 2.39. The zero-order chi connectivity index (χ0) is 14.0. The number of rotatable bonds is 3. The van der Waals surface area contributed by atoms with Gasteiger partial charge in [0.2, 0.25) is 0 Å². The zero-order valence-electron chi connectivity index (χ0n) is 10.7. The number of nitrogens with zero attached hydrogens (tertiary/aromatic N) is 1. The van der Waals surface area contributed by atoms with Gasteiger partial charge in [-0.1, -0.05) is 23.2 Å². The van der Waals surface area contributed by atoms with Crippen LogP contribution in [0.1, 0.15) is 22.7 Å². The van der Waals surface area contributed by atoms with Crippen LogP contribution in [0.4, 0.5) is 0 Å². The van der Waals surface area contributed by atoms with Gasteiger partial charge < -0.3 is 10.5 Å². The molecule has 0 radical (unpaired) electrons. The summed E-state index contributed by atoms with van der Waals surface area (Å²) in [5, 5.41) is 0.879. The van der Waals surface area contributed by atoms with Gasteiger partial charge in [0.15, 0.2) is 0 Å². The normalized spacial score (nSPS) is 12.3. The van der Waals surface area contributed by atoms with Crippen molar-refractivity contribution in [3.8, 4) is 5.75 Å². The topological polar surface area (TPSA) is 48.1 Å². The lowest BCUT2D eigenvalue weighted by atomic mass is 9.96. The third-order valence-corrected chi connectivity index (χ3v) is 3.84. The standard InChI is InChI=1S/C14H14Cl2N2O/c1-8-7-18-6-5-9(8)14(17)12-11(19-2)4-3-10(15)13(12)16/h3-7,14H,17H2,1-2H3/t14-/m0/s1. The maximum Gasteiger partial charge on any atom is 0.125 e. The first kappa shape index (κ1) is 14.1. The number of aromatic nitrogens is 1. The van der Waals surface area contributed by atoms with E-state index in [1.165, 1.54) is 0 Å². The van der Waals surface area contributed by atoms with Crippen LogP contribution in [0.25, 0.3) is 0 Å². The van der Waals surface area contributed by atoms with Crippen molar-refractivity contribution in [2.75, 3.05) is 7.11 Å². The maximum atomic E-state index is 6.31. The second-order valence-electron chi connectivity index (χ2n) is 4.19. The Morgan fingerprint density at radius 1 is 1.26 bits per heavy atom. The molecular weight excluding hydrogens is 283 g/mol. The fraction of sp³-hybridized carbons (Fsp3) is 0.214. The minimum Gasteiger partial charge on any atom is -0.496 e. The van der Waals surface area contributed by atoms with Crippen molar-refractivity contribution >= 4 is 23.2 Å². The lowest BCUT2D eigenvalue weighted by Crippen LogP contribution is -2.15.